The molecule has 8 nitrogen and oxygen atoms in total. The Kier molecular flexibility index (Phi) is 6.06. The summed E-state index contributed by atoms with van der Waals surface area (Å²) in [6, 6.07) is 7.47. The minimum Gasteiger partial charge on any atom is -0.491 e. The van der Waals surface area contributed by atoms with Gasteiger partial charge in [-0.25, -0.2) is 4.79 Å². The Morgan fingerprint density at radius 3 is 2.81 bits per heavy atom. The average molecular weight is 426 g/mol. The van der Waals surface area contributed by atoms with Gasteiger partial charge in [0.2, 0.25) is 0 Å². The van der Waals surface area contributed by atoms with Gasteiger partial charge in [-0.3, -0.25) is 0 Å². The lowest BCUT2D eigenvalue weighted by molar-refractivity contribution is 0.0679. The number of ether oxygens (including phenoxy) is 2. The molecule has 2 aromatic rings. The van der Waals surface area contributed by atoms with Gasteiger partial charge in [0.1, 0.15) is 18.2 Å². The van der Waals surface area contributed by atoms with Crippen LogP contribution in [0.2, 0.25) is 0 Å². The summed E-state index contributed by atoms with van der Waals surface area (Å²) < 4.78 is 13.7. The molecule has 2 saturated heterocycles. The second-order valence-electron chi connectivity index (χ2n) is 8.69. The van der Waals surface area contributed by atoms with Crippen molar-refractivity contribution in [3.05, 3.63) is 35.9 Å². The lowest BCUT2D eigenvalue weighted by Gasteiger charge is -2.25. The SMILES string of the molecule is O=C(Nc1ccc(OCC2CCCO2)cc1)N1CCCC1c1nnc2n1CCCCC2. The Hall–Kier alpha value is -2.61. The highest BCUT2D eigenvalue weighted by Crippen LogP contribution is 2.33. The lowest BCUT2D eigenvalue weighted by atomic mass is 10.2. The first-order chi connectivity index (χ1) is 15.3. The summed E-state index contributed by atoms with van der Waals surface area (Å²) in [5, 5.41) is 12.0. The third-order valence-corrected chi connectivity index (χ3v) is 6.52. The Morgan fingerprint density at radius 1 is 1.06 bits per heavy atom. The van der Waals surface area contributed by atoms with E-state index in [1.807, 2.05) is 29.2 Å². The van der Waals surface area contributed by atoms with Crippen LogP contribution in [0.4, 0.5) is 10.5 Å². The van der Waals surface area contributed by atoms with Crippen LogP contribution < -0.4 is 10.1 Å². The fraction of sp³-hybridized carbons (Fsp3) is 0.609. The third-order valence-electron chi connectivity index (χ3n) is 6.52. The van der Waals surface area contributed by atoms with Gasteiger partial charge >= 0.3 is 6.03 Å². The van der Waals surface area contributed by atoms with Gasteiger partial charge in [0.15, 0.2) is 5.82 Å². The van der Waals surface area contributed by atoms with Crippen LogP contribution in [0.5, 0.6) is 5.75 Å². The molecular weight excluding hydrogens is 394 g/mol. The molecule has 0 radical (unpaired) electrons. The number of rotatable bonds is 5. The fourth-order valence-electron chi connectivity index (χ4n) is 4.83. The topological polar surface area (TPSA) is 81.5 Å². The van der Waals surface area contributed by atoms with Crippen LogP contribution in [0.25, 0.3) is 0 Å². The highest BCUT2D eigenvalue weighted by Gasteiger charge is 2.34. The molecule has 1 aromatic carbocycles. The van der Waals surface area contributed by atoms with Crippen LogP contribution in [0.15, 0.2) is 24.3 Å². The molecule has 8 heteroatoms. The number of nitrogens with zero attached hydrogens (tertiary/aromatic N) is 4. The van der Waals surface area contributed by atoms with E-state index >= 15 is 0 Å². The first kappa shape index (κ1) is 20.3. The number of nitrogens with one attached hydrogen (secondary N) is 1. The monoisotopic (exact) mass is 425 g/mol. The summed E-state index contributed by atoms with van der Waals surface area (Å²) >= 11 is 0. The van der Waals surface area contributed by atoms with Crippen molar-refractivity contribution in [2.45, 2.75) is 70.1 Å². The molecule has 0 aliphatic carbocycles. The summed E-state index contributed by atoms with van der Waals surface area (Å²) in [6.45, 7) is 3.09. The highest BCUT2D eigenvalue weighted by atomic mass is 16.5. The number of likely N-dealkylation sites (tertiary alicyclic amines) is 1. The minimum atomic E-state index is -0.0819. The lowest BCUT2D eigenvalue weighted by Crippen LogP contribution is -2.35. The molecule has 1 N–H and O–H groups in total. The Morgan fingerprint density at radius 2 is 1.97 bits per heavy atom. The Bertz CT molecular complexity index is 891. The van der Waals surface area contributed by atoms with Crippen LogP contribution >= 0.6 is 0 Å². The van der Waals surface area contributed by atoms with Gasteiger partial charge < -0.3 is 24.3 Å². The maximum Gasteiger partial charge on any atom is 0.322 e. The fourth-order valence-corrected chi connectivity index (χ4v) is 4.83. The first-order valence-corrected chi connectivity index (χ1v) is 11.6. The van der Waals surface area contributed by atoms with Crippen LogP contribution in [0, 0.1) is 0 Å². The number of hydrogen-bond acceptors (Lipinski definition) is 5. The smallest absolute Gasteiger partial charge is 0.322 e. The highest BCUT2D eigenvalue weighted by molar-refractivity contribution is 5.89. The number of carbonyl (C=O) groups is 1. The maximum absolute atomic E-state index is 13.1. The molecule has 2 atom stereocenters. The quantitative estimate of drug-likeness (QED) is 0.785. The Balaban J connectivity index is 1.21. The molecular formula is C23H31N5O3. The number of amides is 2. The summed E-state index contributed by atoms with van der Waals surface area (Å²) in [6.07, 6.45) is 8.79. The van der Waals surface area contributed by atoms with E-state index in [9.17, 15) is 4.79 Å². The van der Waals surface area contributed by atoms with Crippen molar-refractivity contribution in [2.24, 2.45) is 0 Å². The van der Waals surface area contributed by atoms with Crippen molar-refractivity contribution in [1.29, 1.82) is 0 Å². The van der Waals surface area contributed by atoms with Crippen molar-refractivity contribution in [3.8, 4) is 5.75 Å². The Labute approximate surface area is 182 Å². The van der Waals surface area contributed by atoms with Gasteiger partial charge in [-0.05, 0) is 62.8 Å². The second-order valence-corrected chi connectivity index (χ2v) is 8.69. The molecule has 3 aliphatic rings. The molecule has 2 unspecified atom stereocenters. The molecule has 0 bridgehead atoms. The van der Waals surface area contributed by atoms with E-state index < -0.39 is 0 Å². The number of aromatic nitrogens is 3. The summed E-state index contributed by atoms with van der Waals surface area (Å²) in [5.41, 5.74) is 0.764. The van der Waals surface area contributed by atoms with Gasteiger partial charge in [0.05, 0.1) is 12.1 Å². The number of benzene rings is 1. The zero-order valence-corrected chi connectivity index (χ0v) is 18.0. The molecule has 4 heterocycles. The van der Waals surface area contributed by atoms with Crippen molar-refractivity contribution in [2.75, 3.05) is 25.1 Å². The standard InChI is InChI=1S/C23H31N5O3/c29-23(24-17-9-11-18(12-10-17)31-16-19-6-5-15-30-19)27-14-4-7-20(27)22-26-25-21-8-2-1-3-13-28(21)22/h9-12,19-20H,1-8,13-16H2,(H,24,29). The van der Waals surface area contributed by atoms with Gasteiger partial charge in [-0.1, -0.05) is 6.42 Å². The third kappa shape index (κ3) is 4.54. The average Bonchev–Trinajstić information content (AvgIpc) is 3.52. The van der Waals surface area contributed by atoms with Gasteiger partial charge in [0, 0.05) is 31.8 Å². The number of carbonyl (C=O) groups excluding carboxylic acids is 1. The normalized spacial score (nSPS) is 23.4. The predicted octanol–water partition coefficient (Wildman–Crippen LogP) is 3.93. The molecule has 1 aromatic heterocycles. The van der Waals surface area contributed by atoms with E-state index in [0.29, 0.717) is 6.61 Å². The summed E-state index contributed by atoms with van der Waals surface area (Å²) in [4.78, 5) is 15.0. The predicted molar refractivity (Wildman–Crippen MR) is 116 cm³/mol. The van der Waals surface area contributed by atoms with Crippen LogP contribution in [-0.4, -0.2) is 51.6 Å². The molecule has 166 valence electrons. The summed E-state index contributed by atoms with van der Waals surface area (Å²) in [7, 11) is 0. The largest absolute Gasteiger partial charge is 0.491 e. The summed E-state index contributed by atoms with van der Waals surface area (Å²) in [5.74, 6) is 2.81. The molecule has 0 saturated carbocycles. The van der Waals surface area contributed by atoms with Crippen LogP contribution in [0.3, 0.4) is 0 Å². The molecule has 3 aliphatic heterocycles. The maximum atomic E-state index is 13.1. The van der Waals surface area contributed by atoms with Crippen molar-refractivity contribution in [3.63, 3.8) is 0 Å². The minimum absolute atomic E-state index is 0.00614. The number of anilines is 1. The van der Waals surface area contributed by atoms with Crippen LogP contribution in [0.1, 0.15) is 62.6 Å². The van der Waals surface area contributed by atoms with E-state index in [-0.39, 0.29) is 18.2 Å². The van der Waals surface area contributed by atoms with E-state index in [1.54, 1.807) is 0 Å². The van der Waals surface area contributed by atoms with Gasteiger partial charge in [-0.2, -0.15) is 0 Å². The molecule has 2 fully saturated rings. The molecule has 5 rings (SSSR count). The van der Waals surface area contributed by atoms with Gasteiger partial charge in [0.25, 0.3) is 0 Å². The number of urea groups is 1. The molecule has 31 heavy (non-hydrogen) atoms. The van der Waals surface area contributed by atoms with E-state index in [0.717, 1.165) is 81.3 Å². The number of fused-ring (bicyclic) bond motifs is 1. The molecule has 0 spiro atoms. The van der Waals surface area contributed by atoms with E-state index in [1.165, 1.54) is 12.8 Å². The van der Waals surface area contributed by atoms with Gasteiger partial charge in [-0.15, -0.1) is 10.2 Å². The molecule has 2 amide bonds. The zero-order chi connectivity index (χ0) is 21.0. The number of aryl methyl sites for hydroxylation is 1. The van der Waals surface area contributed by atoms with E-state index in [2.05, 4.69) is 20.1 Å². The number of hydrogen-bond donors (Lipinski definition) is 1. The second kappa shape index (κ2) is 9.26. The van der Waals surface area contributed by atoms with Crippen molar-refractivity contribution >= 4 is 11.7 Å². The van der Waals surface area contributed by atoms with Crippen molar-refractivity contribution in [1.82, 2.24) is 19.7 Å². The first-order valence-electron chi connectivity index (χ1n) is 11.6. The van der Waals surface area contributed by atoms with Crippen molar-refractivity contribution < 1.29 is 14.3 Å². The van der Waals surface area contributed by atoms with Crippen LogP contribution in [-0.2, 0) is 17.7 Å². The zero-order valence-electron chi connectivity index (χ0n) is 18.0. The van der Waals surface area contributed by atoms with E-state index in [4.69, 9.17) is 9.47 Å².